The number of nitrogens with zero attached hydrogens (tertiary/aromatic N) is 1. The molecule has 4 nitrogen and oxygen atoms in total. The highest BCUT2D eigenvalue weighted by Crippen LogP contribution is 2.21. The molecule has 1 unspecified atom stereocenters. The zero-order valence-corrected chi connectivity index (χ0v) is 13.8. The first-order valence-corrected chi connectivity index (χ1v) is 8.99. The first-order chi connectivity index (χ1) is 11.4. The monoisotopic (exact) mass is 313 g/mol. The number of hydrogen-bond acceptors (Lipinski definition) is 3. The maximum atomic E-state index is 5.47. The summed E-state index contributed by atoms with van der Waals surface area (Å²) in [5.41, 5.74) is 2.67. The van der Waals surface area contributed by atoms with E-state index in [0.29, 0.717) is 12.1 Å². The number of nitrogens with one attached hydrogen (secondary N) is 2. The highest BCUT2D eigenvalue weighted by Gasteiger charge is 2.24. The molecular formula is C19H27N3O. The lowest BCUT2D eigenvalue weighted by Crippen LogP contribution is -2.50. The van der Waals surface area contributed by atoms with Gasteiger partial charge in [0.2, 0.25) is 0 Å². The van der Waals surface area contributed by atoms with Crippen LogP contribution < -0.4 is 5.32 Å². The van der Waals surface area contributed by atoms with Crippen LogP contribution in [0.15, 0.2) is 30.5 Å². The molecule has 0 saturated carbocycles. The molecule has 4 rings (SSSR count). The summed E-state index contributed by atoms with van der Waals surface area (Å²) >= 11 is 0. The number of ether oxygens (including phenoxy) is 1. The van der Waals surface area contributed by atoms with Gasteiger partial charge in [0.1, 0.15) is 0 Å². The molecule has 124 valence electrons. The van der Waals surface area contributed by atoms with Crippen LogP contribution in [0.25, 0.3) is 10.9 Å². The topological polar surface area (TPSA) is 40.3 Å². The van der Waals surface area contributed by atoms with Crippen LogP contribution in [-0.2, 0) is 11.3 Å². The van der Waals surface area contributed by atoms with Crippen LogP contribution in [-0.4, -0.2) is 48.3 Å². The van der Waals surface area contributed by atoms with Crippen LogP contribution in [0, 0.1) is 0 Å². The van der Waals surface area contributed by atoms with Crippen molar-refractivity contribution in [1.82, 2.24) is 15.2 Å². The zero-order valence-electron chi connectivity index (χ0n) is 13.8. The summed E-state index contributed by atoms with van der Waals surface area (Å²) in [6.45, 7) is 5.27. The molecule has 1 atom stereocenters. The lowest BCUT2D eigenvalue weighted by Gasteiger charge is -2.36. The molecule has 4 heteroatoms. The predicted octanol–water partition coefficient (Wildman–Crippen LogP) is 2.90. The lowest BCUT2D eigenvalue weighted by molar-refractivity contribution is 0.0690. The molecule has 2 saturated heterocycles. The fourth-order valence-corrected chi connectivity index (χ4v) is 4.04. The Hall–Kier alpha value is -1.36. The number of fused-ring (bicyclic) bond motifs is 1. The summed E-state index contributed by atoms with van der Waals surface area (Å²) in [5, 5.41) is 5.24. The van der Waals surface area contributed by atoms with Gasteiger partial charge >= 0.3 is 0 Å². The maximum Gasteiger partial charge on any atom is 0.0480 e. The summed E-state index contributed by atoms with van der Waals surface area (Å²) in [6, 6.07) is 9.90. The van der Waals surface area contributed by atoms with Crippen LogP contribution in [0.1, 0.15) is 31.2 Å². The Morgan fingerprint density at radius 2 is 2.00 bits per heavy atom. The molecule has 0 radical (unpaired) electrons. The second kappa shape index (κ2) is 7.04. The average molecular weight is 313 g/mol. The first-order valence-electron chi connectivity index (χ1n) is 8.99. The zero-order chi connectivity index (χ0) is 15.5. The average Bonchev–Trinajstić information content (AvgIpc) is 2.99. The highest BCUT2D eigenvalue weighted by molar-refractivity contribution is 5.82. The molecule has 2 aromatic rings. The van der Waals surface area contributed by atoms with Crippen molar-refractivity contribution in [2.45, 2.75) is 44.3 Å². The highest BCUT2D eigenvalue weighted by atomic mass is 16.5. The third-order valence-electron chi connectivity index (χ3n) is 5.27. The third kappa shape index (κ3) is 3.60. The Balaban J connectivity index is 1.37. The number of likely N-dealkylation sites (tertiary alicyclic amines) is 1. The van der Waals surface area contributed by atoms with Crippen molar-refractivity contribution < 1.29 is 4.74 Å². The van der Waals surface area contributed by atoms with E-state index >= 15 is 0 Å². The van der Waals surface area contributed by atoms with E-state index in [9.17, 15) is 0 Å². The molecule has 2 aliphatic rings. The smallest absolute Gasteiger partial charge is 0.0480 e. The van der Waals surface area contributed by atoms with Crippen LogP contribution in [0.3, 0.4) is 0 Å². The fourth-order valence-electron chi connectivity index (χ4n) is 4.04. The van der Waals surface area contributed by atoms with Gasteiger partial charge in [-0.05, 0) is 43.9 Å². The van der Waals surface area contributed by atoms with Crippen molar-refractivity contribution in [3.05, 3.63) is 36.0 Å². The minimum atomic E-state index is 0.636. The number of para-hydroxylation sites is 1. The van der Waals surface area contributed by atoms with E-state index in [2.05, 4.69) is 45.7 Å². The molecule has 2 N–H and O–H groups in total. The van der Waals surface area contributed by atoms with Gasteiger partial charge in [0.15, 0.2) is 0 Å². The van der Waals surface area contributed by atoms with Crippen molar-refractivity contribution in [1.29, 1.82) is 0 Å². The van der Waals surface area contributed by atoms with Crippen molar-refractivity contribution in [2.24, 2.45) is 0 Å². The van der Waals surface area contributed by atoms with Gasteiger partial charge in [0.25, 0.3) is 0 Å². The third-order valence-corrected chi connectivity index (χ3v) is 5.27. The Morgan fingerprint density at radius 3 is 2.91 bits per heavy atom. The number of hydrogen-bond donors (Lipinski definition) is 2. The summed E-state index contributed by atoms with van der Waals surface area (Å²) in [6.07, 6.45) is 7.11. The second-order valence-electron chi connectivity index (χ2n) is 6.99. The Morgan fingerprint density at radius 1 is 1.13 bits per heavy atom. The van der Waals surface area contributed by atoms with Crippen LogP contribution in [0.4, 0.5) is 0 Å². The molecule has 0 aliphatic carbocycles. The number of aromatic amines is 1. The van der Waals surface area contributed by atoms with E-state index in [1.165, 1.54) is 48.7 Å². The number of H-pyrrole nitrogens is 1. The fraction of sp³-hybridized carbons (Fsp3) is 0.579. The molecule has 1 aromatic heterocycles. The van der Waals surface area contributed by atoms with Gasteiger partial charge in [-0.3, -0.25) is 4.90 Å². The number of aromatic nitrogens is 1. The van der Waals surface area contributed by atoms with Crippen LogP contribution in [0.2, 0.25) is 0 Å². The van der Waals surface area contributed by atoms with Gasteiger partial charge in [-0.25, -0.2) is 0 Å². The largest absolute Gasteiger partial charge is 0.381 e. The van der Waals surface area contributed by atoms with Crippen LogP contribution in [0.5, 0.6) is 0 Å². The molecule has 0 spiro atoms. The van der Waals surface area contributed by atoms with Gasteiger partial charge in [-0.1, -0.05) is 18.2 Å². The molecule has 3 heterocycles. The normalized spacial score (nSPS) is 24.3. The van der Waals surface area contributed by atoms with Crippen LogP contribution >= 0.6 is 0 Å². The van der Waals surface area contributed by atoms with Crippen molar-refractivity contribution in [2.75, 3.05) is 26.3 Å². The minimum Gasteiger partial charge on any atom is -0.381 e. The number of benzene rings is 1. The van der Waals surface area contributed by atoms with E-state index in [1.54, 1.807) is 0 Å². The molecular weight excluding hydrogens is 286 g/mol. The number of piperidine rings is 1. The molecule has 1 aromatic carbocycles. The summed E-state index contributed by atoms with van der Waals surface area (Å²) in [4.78, 5) is 6.01. The van der Waals surface area contributed by atoms with E-state index < -0.39 is 0 Å². The molecule has 23 heavy (non-hydrogen) atoms. The quantitative estimate of drug-likeness (QED) is 0.912. The minimum absolute atomic E-state index is 0.636. The van der Waals surface area contributed by atoms with Crippen molar-refractivity contribution in [3.63, 3.8) is 0 Å². The molecule has 2 fully saturated rings. The molecule has 2 aliphatic heterocycles. The summed E-state index contributed by atoms with van der Waals surface area (Å²) in [7, 11) is 0. The first kappa shape index (κ1) is 15.2. The van der Waals surface area contributed by atoms with E-state index in [-0.39, 0.29) is 0 Å². The second-order valence-corrected chi connectivity index (χ2v) is 6.99. The number of rotatable bonds is 4. The molecule has 0 bridgehead atoms. The van der Waals surface area contributed by atoms with E-state index in [4.69, 9.17) is 4.74 Å². The lowest BCUT2D eigenvalue weighted by atomic mass is 10.0. The summed E-state index contributed by atoms with van der Waals surface area (Å²) < 4.78 is 5.47. The Kier molecular flexibility index (Phi) is 4.64. The van der Waals surface area contributed by atoms with Gasteiger partial charge in [0.05, 0.1) is 0 Å². The van der Waals surface area contributed by atoms with Crippen molar-refractivity contribution in [3.8, 4) is 0 Å². The summed E-state index contributed by atoms with van der Waals surface area (Å²) in [5.74, 6) is 0. The van der Waals surface area contributed by atoms with Gasteiger partial charge in [-0.2, -0.15) is 0 Å². The standard InChI is InChI=1S/C19H27N3O/c1-2-6-19-18(5-1)15(12-20-19)13-22-9-3-4-17(14-22)21-16-7-10-23-11-8-16/h1-2,5-6,12,16-17,20-21H,3-4,7-11,13-14H2. The van der Waals surface area contributed by atoms with Gasteiger partial charge < -0.3 is 15.0 Å². The molecule has 0 amide bonds. The van der Waals surface area contributed by atoms with Gasteiger partial charge in [0, 0.05) is 55.5 Å². The van der Waals surface area contributed by atoms with E-state index in [1.807, 2.05) is 0 Å². The maximum absolute atomic E-state index is 5.47. The predicted molar refractivity (Wildman–Crippen MR) is 93.6 cm³/mol. The SMILES string of the molecule is c1ccc2c(CN3CCCC(NC4CCOCC4)C3)c[nH]c2c1. The Bertz CT molecular complexity index is 632. The van der Waals surface area contributed by atoms with E-state index in [0.717, 1.165) is 26.3 Å². The Labute approximate surface area is 138 Å². The van der Waals surface area contributed by atoms with Crippen molar-refractivity contribution >= 4 is 10.9 Å². The van der Waals surface area contributed by atoms with Gasteiger partial charge in [-0.15, -0.1) is 0 Å².